The molecule has 0 aliphatic rings. The van der Waals surface area contributed by atoms with Crippen molar-refractivity contribution in [2.75, 3.05) is 0 Å². The van der Waals surface area contributed by atoms with E-state index in [0.717, 1.165) is 16.6 Å². The fourth-order valence-electron chi connectivity index (χ4n) is 2.86. The lowest BCUT2D eigenvalue weighted by atomic mass is 9.79. The Kier molecular flexibility index (Phi) is 4.07. The van der Waals surface area contributed by atoms with Gasteiger partial charge in [-0.2, -0.15) is 0 Å². The molecular formula is C20H24ClN3O. The minimum atomic E-state index is -0.195. The zero-order chi connectivity index (χ0) is 18.6. The number of aromatic hydroxyl groups is 1. The lowest BCUT2D eigenvalue weighted by molar-refractivity contribution is 0.440. The molecule has 0 aliphatic heterocycles. The largest absolute Gasteiger partial charge is 0.505 e. The average Bonchev–Trinajstić information content (AvgIpc) is 2.87. The summed E-state index contributed by atoms with van der Waals surface area (Å²) < 4.78 is 1.69. The number of fused-ring (bicyclic) bond motifs is 1. The van der Waals surface area contributed by atoms with Crippen molar-refractivity contribution in [3.63, 3.8) is 0 Å². The van der Waals surface area contributed by atoms with E-state index in [-0.39, 0.29) is 16.6 Å². The van der Waals surface area contributed by atoms with Gasteiger partial charge in [0.1, 0.15) is 17.0 Å². The predicted octanol–water partition coefficient (Wildman–Crippen LogP) is 5.37. The predicted molar refractivity (Wildman–Crippen MR) is 103 cm³/mol. The summed E-state index contributed by atoms with van der Waals surface area (Å²) >= 11 is 6.05. The van der Waals surface area contributed by atoms with Crippen LogP contribution in [0.25, 0.3) is 16.7 Å². The van der Waals surface area contributed by atoms with Gasteiger partial charge in [0, 0.05) is 10.6 Å². The minimum absolute atomic E-state index is 0.0534. The van der Waals surface area contributed by atoms with Crippen molar-refractivity contribution in [1.29, 1.82) is 0 Å². The first-order valence-corrected chi connectivity index (χ1v) is 8.75. The fraction of sp³-hybridized carbons (Fsp3) is 0.400. The van der Waals surface area contributed by atoms with Crippen LogP contribution in [0.4, 0.5) is 0 Å². The summed E-state index contributed by atoms with van der Waals surface area (Å²) in [5.41, 5.74) is 3.94. The molecule has 132 valence electrons. The van der Waals surface area contributed by atoms with E-state index in [9.17, 15) is 5.11 Å². The molecule has 0 spiro atoms. The number of aromatic nitrogens is 3. The summed E-state index contributed by atoms with van der Waals surface area (Å²) in [5, 5.41) is 20.1. The standard InChI is InChI=1S/C20H24ClN3O/c1-19(2,3)12-9-14(20(4,5)6)18(25)17(10-12)24-16-8-7-13(21)11-15(16)22-23-24/h7-11,25H,1-6H3. The van der Waals surface area contributed by atoms with Gasteiger partial charge >= 0.3 is 0 Å². The second kappa shape index (κ2) is 5.73. The van der Waals surface area contributed by atoms with Crippen LogP contribution in [0.15, 0.2) is 30.3 Å². The van der Waals surface area contributed by atoms with Gasteiger partial charge < -0.3 is 5.11 Å². The number of hydrogen-bond donors (Lipinski definition) is 1. The Bertz CT molecular complexity index is 946. The van der Waals surface area contributed by atoms with E-state index in [1.807, 2.05) is 12.1 Å². The molecule has 0 bridgehead atoms. The van der Waals surface area contributed by atoms with Gasteiger partial charge in [-0.1, -0.05) is 64.4 Å². The average molecular weight is 358 g/mol. The van der Waals surface area contributed by atoms with E-state index < -0.39 is 0 Å². The molecule has 25 heavy (non-hydrogen) atoms. The van der Waals surface area contributed by atoms with Gasteiger partial charge in [-0.3, -0.25) is 0 Å². The van der Waals surface area contributed by atoms with E-state index in [4.69, 9.17) is 11.6 Å². The molecule has 1 aromatic heterocycles. The van der Waals surface area contributed by atoms with Crippen molar-refractivity contribution in [2.45, 2.75) is 52.4 Å². The molecule has 5 heteroatoms. The highest BCUT2D eigenvalue weighted by Crippen LogP contribution is 2.39. The Morgan fingerprint density at radius 1 is 0.960 bits per heavy atom. The SMILES string of the molecule is CC(C)(C)c1cc(-n2nnc3cc(Cl)ccc32)c(O)c(C(C)(C)C)c1. The molecule has 0 radical (unpaired) electrons. The molecular weight excluding hydrogens is 334 g/mol. The van der Waals surface area contributed by atoms with Gasteiger partial charge in [0.25, 0.3) is 0 Å². The van der Waals surface area contributed by atoms with Crippen LogP contribution in [0.3, 0.4) is 0 Å². The van der Waals surface area contributed by atoms with Crippen LogP contribution in [-0.2, 0) is 10.8 Å². The number of phenolic OH excluding ortho intramolecular Hbond substituents is 1. The molecule has 0 saturated heterocycles. The quantitative estimate of drug-likeness (QED) is 0.636. The third-order valence-corrected chi connectivity index (χ3v) is 4.63. The fourth-order valence-corrected chi connectivity index (χ4v) is 3.03. The molecule has 0 saturated carbocycles. The summed E-state index contributed by atoms with van der Waals surface area (Å²) in [5.74, 6) is 0.238. The summed E-state index contributed by atoms with van der Waals surface area (Å²) in [6.45, 7) is 12.8. The first kappa shape index (κ1) is 17.7. The van der Waals surface area contributed by atoms with Crippen LogP contribution < -0.4 is 0 Å². The lowest BCUT2D eigenvalue weighted by Crippen LogP contribution is -2.18. The van der Waals surface area contributed by atoms with Crippen LogP contribution in [-0.4, -0.2) is 20.1 Å². The molecule has 3 rings (SSSR count). The Hall–Kier alpha value is -2.07. The van der Waals surface area contributed by atoms with Crippen LogP contribution in [0, 0.1) is 0 Å². The van der Waals surface area contributed by atoms with E-state index >= 15 is 0 Å². The maximum absolute atomic E-state index is 11.0. The highest BCUT2D eigenvalue weighted by atomic mass is 35.5. The maximum atomic E-state index is 11.0. The normalized spacial score (nSPS) is 12.8. The summed E-state index contributed by atoms with van der Waals surface area (Å²) in [7, 11) is 0. The van der Waals surface area contributed by atoms with Gasteiger partial charge in [-0.25, -0.2) is 4.68 Å². The van der Waals surface area contributed by atoms with Gasteiger partial charge in [0.05, 0.1) is 5.52 Å². The minimum Gasteiger partial charge on any atom is -0.505 e. The Balaban J connectivity index is 2.34. The molecule has 1 heterocycles. The van der Waals surface area contributed by atoms with Crippen LogP contribution in [0.1, 0.15) is 52.7 Å². The van der Waals surface area contributed by atoms with E-state index in [0.29, 0.717) is 16.2 Å². The Morgan fingerprint density at radius 2 is 1.64 bits per heavy atom. The van der Waals surface area contributed by atoms with Crippen molar-refractivity contribution >= 4 is 22.6 Å². The van der Waals surface area contributed by atoms with Gasteiger partial charge in [-0.15, -0.1) is 5.10 Å². The smallest absolute Gasteiger partial charge is 0.145 e. The number of hydrogen-bond acceptors (Lipinski definition) is 3. The molecule has 0 atom stereocenters. The van der Waals surface area contributed by atoms with E-state index in [2.05, 4.69) is 57.9 Å². The lowest BCUT2D eigenvalue weighted by Gasteiger charge is -2.27. The van der Waals surface area contributed by atoms with Crippen molar-refractivity contribution in [3.8, 4) is 11.4 Å². The van der Waals surface area contributed by atoms with Gasteiger partial charge in [0.2, 0.25) is 0 Å². The topological polar surface area (TPSA) is 50.9 Å². The van der Waals surface area contributed by atoms with Gasteiger partial charge in [0.15, 0.2) is 0 Å². The molecule has 4 nitrogen and oxygen atoms in total. The Morgan fingerprint density at radius 3 is 2.24 bits per heavy atom. The third kappa shape index (κ3) is 3.23. The van der Waals surface area contributed by atoms with Crippen molar-refractivity contribution < 1.29 is 5.11 Å². The zero-order valence-corrected chi connectivity index (χ0v) is 16.3. The Labute approximate surface area is 153 Å². The first-order valence-electron chi connectivity index (χ1n) is 8.38. The molecule has 1 N–H and O–H groups in total. The van der Waals surface area contributed by atoms with Gasteiger partial charge in [-0.05, 0) is 40.7 Å². The molecule has 0 unspecified atom stereocenters. The number of benzene rings is 2. The molecule has 0 fully saturated rings. The highest BCUT2D eigenvalue weighted by Gasteiger charge is 2.26. The summed E-state index contributed by atoms with van der Waals surface area (Å²) in [6, 6.07) is 9.54. The van der Waals surface area contributed by atoms with Crippen LogP contribution in [0.2, 0.25) is 5.02 Å². The third-order valence-electron chi connectivity index (χ3n) is 4.40. The summed E-state index contributed by atoms with van der Waals surface area (Å²) in [4.78, 5) is 0. The molecule has 0 amide bonds. The second-order valence-corrected chi connectivity index (χ2v) is 8.96. The molecule has 0 aliphatic carbocycles. The van der Waals surface area contributed by atoms with Crippen molar-refractivity contribution in [1.82, 2.24) is 15.0 Å². The first-order chi connectivity index (χ1) is 11.5. The molecule has 3 aromatic rings. The monoisotopic (exact) mass is 357 g/mol. The van der Waals surface area contributed by atoms with E-state index in [1.165, 1.54) is 0 Å². The number of nitrogens with zero attached hydrogens (tertiary/aromatic N) is 3. The number of rotatable bonds is 1. The second-order valence-electron chi connectivity index (χ2n) is 8.53. The van der Waals surface area contributed by atoms with Crippen molar-refractivity contribution in [2.24, 2.45) is 0 Å². The van der Waals surface area contributed by atoms with Crippen LogP contribution >= 0.6 is 11.6 Å². The number of phenols is 1. The highest BCUT2D eigenvalue weighted by molar-refractivity contribution is 6.31. The van der Waals surface area contributed by atoms with Crippen LogP contribution in [0.5, 0.6) is 5.75 Å². The zero-order valence-electron chi connectivity index (χ0n) is 15.6. The van der Waals surface area contributed by atoms with Crippen molar-refractivity contribution in [3.05, 3.63) is 46.5 Å². The molecule has 2 aromatic carbocycles. The maximum Gasteiger partial charge on any atom is 0.145 e. The number of halogens is 1. The van der Waals surface area contributed by atoms with E-state index in [1.54, 1.807) is 16.8 Å². The summed E-state index contributed by atoms with van der Waals surface area (Å²) in [6.07, 6.45) is 0.